The van der Waals surface area contributed by atoms with E-state index >= 15 is 0 Å². The van der Waals surface area contributed by atoms with Crippen LogP contribution in [0, 0.1) is 5.92 Å². The van der Waals surface area contributed by atoms with Gasteiger partial charge in [0.05, 0.1) is 18.8 Å². The Labute approximate surface area is 118 Å². The predicted octanol–water partition coefficient (Wildman–Crippen LogP) is 3.78. The van der Waals surface area contributed by atoms with Crippen molar-refractivity contribution in [3.8, 4) is 0 Å². The van der Waals surface area contributed by atoms with Gasteiger partial charge in [0.2, 0.25) is 0 Å². The molecule has 100 valence electrons. The summed E-state index contributed by atoms with van der Waals surface area (Å²) in [6, 6.07) is 10.3. The number of benzene rings is 1. The average molecular weight is 313 g/mol. The number of hydrogen-bond acceptors (Lipinski definition) is 2. The lowest BCUT2D eigenvalue weighted by molar-refractivity contribution is -0.00981. The van der Waals surface area contributed by atoms with Gasteiger partial charge in [-0.1, -0.05) is 53.2 Å². The predicted molar refractivity (Wildman–Crippen MR) is 77.0 cm³/mol. The fourth-order valence-corrected chi connectivity index (χ4v) is 3.10. The number of rotatable bonds is 6. The van der Waals surface area contributed by atoms with E-state index in [1.54, 1.807) is 0 Å². The largest absolute Gasteiger partial charge is 0.377 e. The van der Waals surface area contributed by atoms with Gasteiger partial charge in [0.15, 0.2) is 0 Å². The van der Waals surface area contributed by atoms with Gasteiger partial charge in [0.1, 0.15) is 0 Å². The zero-order chi connectivity index (χ0) is 12.8. The Kier molecular flexibility index (Phi) is 5.22. The van der Waals surface area contributed by atoms with E-state index in [9.17, 15) is 0 Å². The Balaban J connectivity index is 1.71. The number of hydrogen-bond donors (Lipinski definition) is 0. The minimum Gasteiger partial charge on any atom is -0.377 e. The molecule has 18 heavy (non-hydrogen) atoms. The molecule has 3 heteroatoms. The van der Waals surface area contributed by atoms with Gasteiger partial charge >= 0.3 is 0 Å². The van der Waals surface area contributed by atoms with E-state index in [0.29, 0.717) is 12.5 Å². The van der Waals surface area contributed by atoms with Crippen LogP contribution >= 0.6 is 15.9 Å². The van der Waals surface area contributed by atoms with Crippen molar-refractivity contribution < 1.29 is 9.47 Å². The van der Waals surface area contributed by atoms with Crippen LogP contribution in [0.25, 0.3) is 0 Å². The second kappa shape index (κ2) is 6.69. The molecule has 1 heterocycles. The maximum atomic E-state index is 5.93. The van der Waals surface area contributed by atoms with E-state index in [-0.39, 0.29) is 5.60 Å². The standard InChI is InChI=1S/C15H21BrO2/c1-13-9-15(12-16,18-10-13)7-8-17-11-14-5-3-2-4-6-14/h2-6,13H,7-12H2,1H3. The first-order valence-corrected chi connectivity index (χ1v) is 7.68. The van der Waals surface area contributed by atoms with Crippen molar-refractivity contribution in [3.05, 3.63) is 35.9 Å². The molecule has 0 N–H and O–H groups in total. The monoisotopic (exact) mass is 312 g/mol. The summed E-state index contributed by atoms with van der Waals surface area (Å²) in [6.45, 7) is 4.57. The van der Waals surface area contributed by atoms with Crippen LogP contribution < -0.4 is 0 Å². The van der Waals surface area contributed by atoms with Gasteiger partial charge in [-0.2, -0.15) is 0 Å². The Morgan fingerprint density at radius 3 is 2.78 bits per heavy atom. The molecule has 0 spiro atoms. The van der Waals surface area contributed by atoms with E-state index in [0.717, 1.165) is 31.4 Å². The minimum atomic E-state index is -0.00386. The summed E-state index contributed by atoms with van der Waals surface area (Å²) >= 11 is 3.58. The van der Waals surface area contributed by atoms with Crippen LogP contribution in [0.15, 0.2) is 30.3 Å². The van der Waals surface area contributed by atoms with E-state index in [2.05, 4.69) is 35.0 Å². The number of ether oxygens (including phenoxy) is 2. The summed E-state index contributed by atoms with van der Waals surface area (Å²) in [6.07, 6.45) is 2.10. The van der Waals surface area contributed by atoms with Crippen LogP contribution in [-0.2, 0) is 16.1 Å². The molecule has 2 rings (SSSR count). The molecular weight excluding hydrogens is 292 g/mol. The fraction of sp³-hybridized carbons (Fsp3) is 0.600. The van der Waals surface area contributed by atoms with E-state index in [1.807, 2.05) is 18.2 Å². The van der Waals surface area contributed by atoms with Crippen molar-refractivity contribution in [1.29, 1.82) is 0 Å². The van der Waals surface area contributed by atoms with E-state index in [4.69, 9.17) is 9.47 Å². The Hall–Kier alpha value is -0.380. The molecule has 0 radical (unpaired) electrons. The smallest absolute Gasteiger partial charge is 0.0804 e. The molecule has 0 aromatic heterocycles. The third kappa shape index (κ3) is 3.81. The third-order valence-corrected chi connectivity index (χ3v) is 4.47. The van der Waals surface area contributed by atoms with Gasteiger partial charge < -0.3 is 9.47 Å². The second-order valence-electron chi connectivity index (χ2n) is 5.23. The molecule has 1 aromatic carbocycles. The Bertz CT molecular complexity index is 355. The highest BCUT2D eigenvalue weighted by molar-refractivity contribution is 9.09. The fourth-order valence-electron chi connectivity index (χ4n) is 2.43. The normalized spacial score (nSPS) is 27.6. The molecular formula is C15H21BrO2. The first kappa shape index (κ1) is 14.0. The molecule has 2 nitrogen and oxygen atoms in total. The molecule has 2 unspecified atom stereocenters. The van der Waals surface area contributed by atoms with Crippen LogP contribution in [0.5, 0.6) is 0 Å². The van der Waals surface area contributed by atoms with Gasteiger partial charge in [-0.15, -0.1) is 0 Å². The van der Waals surface area contributed by atoms with Gasteiger partial charge in [0.25, 0.3) is 0 Å². The highest BCUT2D eigenvalue weighted by Crippen LogP contribution is 2.34. The van der Waals surface area contributed by atoms with Crippen LogP contribution in [-0.4, -0.2) is 24.1 Å². The average Bonchev–Trinajstić information content (AvgIpc) is 2.78. The zero-order valence-electron chi connectivity index (χ0n) is 10.9. The van der Waals surface area contributed by atoms with Gasteiger partial charge in [0, 0.05) is 18.4 Å². The summed E-state index contributed by atoms with van der Waals surface area (Å²) in [5, 5.41) is 0.902. The van der Waals surface area contributed by atoms with Crippen molar-refractivity contribution >= 4 is 15.9 Å². The summed E-state index contributed by atoms with van der Waals surface area (Å²) in [5.41, 5.74) is 1.22. The van der Waals surface area contributed by atoms with Crippen molar-refractivity contribution in [1.82, 2.24) is 0 Å². The van der Waals surface area contributed by atoms with Crippen molar-refractivity contribution in [2.24, 2.45) is 5.92 Å². The topological polar surface area (TPSA) is 18.5 Å². The summed E-state index contributed by atoms with van der Waals surface area (Å²) in [5.74, 6) is 0.664. The molecule has 1 aromatic rings. The molecule has 1 fully saturated rings. The van der Waals surface area contributed by atoms with Gasteiger partial charge in [-0.25, -0.2) is 0 Å². The van der Waals surface area contributed by atoms with Crippen molar-refractivity contribution in [2.45, 2.75) is 32.0 Å². The maximum Gasteiger partial charge on any atom is 0.0804 e. The first-order valence-electron chi connectivity index (χ1n) is 6.56. The van der Waals surface area contributed by atoms with Crippen LogP contribution in [0.3, 0.4) is 0 Å². The SMILES string of the molecule is CC1COC(CBr)(CCOCc2ccccc2)C1. The number of alkyl halides is 1. The van der Waals surface area contributed by atoms with E-state index in [1.165, 1.54) is 5.56 Å². The third-order valence-electron chi connectivity index (χ3n) is 3.45. The summed E-state index contributed by atoms with van der Waals surface area (Å²) < 4.78 is 11.7. The van der Waals surface area contributed by atoms with Gasteiger partial charge in [-0.3, -0.25) is 0 Å². The van der Waals surface area contributed by atoms with Crippen LogP contribution in [0.1, 0.15) is 25.3 Å². The van der Waals surface area contributed by atoms with Crippen molar-refractivity contribution in [3.63, 3.8) is 0 Å². The molecule has 2 atom stereocenters. The number of halogens is 1. The highest BCUT2D eigenvalue weighted by Gasteiger charge is 2.37. The second-order valence-corrected chi connectivity index (χ2v) is 5.79. The van der Waals surface area contributed by atoms with Gasteiger partial charge in [-0.05, 0) is 17.9 Å². The molecule has 1 saturated heterocycles. The zero-order valence-corrected chi connectivity index (χ0v) is 12.5. The molecule has 1 aliphatic heterocycles. The quantitative estimate of drug-likeness (QED) is 0.588. The molecule has 0 saturated carbocycles. The van der Waals surface area contributed by atoms with Crippen LogP contribution in [0.2, 0.25) is 0 Å². The molecule has 0 amide bonds. The molecule has 0 aliphatic carbocycles. The Morgan fingerprint density at radius 2 is 2.17 bits per heavy atom. The lowest BCUT2D eigenvalue weighted by Crippen LogP contribution is -2.31. The maximum absolute atomic E-state index is 5.93. The van der Waals surface area contributed by atoms with E-state index < -0.39 is 0 Å². The summed E-state index contributed by atoms with van der Waals surface area (Å²) in [7, 11) is 0. The Morgan fingerprint density at radius 1 is 1.39 bits per heavy atom. The lowest BCUT2D eigenvalue weighted by atomic mass is 9.94. The first-order chi connectivity index (χ1) is 8.74. The van der Waals surface area contributed by atoms with Crippen molar-refractivity contribution in [2.75, 3.05) is 18.5 Å². The highest BCUT2D eigenvalue weighted by atomic mass is 79.9. The summed E-state index contributed by atoms with van der Waals surface area (Å²) in [4.78, 5) is 0. The molecule has 0 bridgehead atoms. The lowest BCUT2D eigenvalue weighted by Gasteiger charge is -2.26. The molecule has 1 aliphatic rings. The minimum absolute atomic E-state index is 0.00386. The van der Waals surface area contributed by atoms with Crippen LogP contribution in [0.4, 0.5) is 0 Å².